The molecule has 2 heterocycles. The van der Waals surface area contributed by atoms with Crippen LogP contribution in [0.2, 0.25) is 0 Å². The average Bonchev–Trinajstić information content (AvgIpc) is 2.65. The van der Waals surface area contributed by atoms with Crippen molar-refractivity contribution in [2.75, 3.05) is 0 Å². The van der Waals surface area contributed by atoms with Crippen LogP contribution in [0.15, 0.2) is 13.6 Å². The Morgan fingerprint density at radius 2 is 2.00 bits per heavy atom. The molecule has 0 radical (unpaired) electrons. The molecule has 0 bridgehead atoms. The third-order valence-electron chi connectivity index (χ3n) is 2.41. The summed E-state index contributed by atoms with van der Waals surface area (Å²) in [5.74, 6) is 0. The molecule has 0 aliphatic rings. The molecule has 0 aliphatic heterocycles. The topological polar surface area (TPSA) is 0 Å². The monoisotopic (exact) mass is 366 g/mol. The lowest BCUT2D eigenvalue weighted by Crippen LogP contribution is -1.82. The summed E-state index contributed by atoms with van der Waals surface area (Å²) in [7, 11) is 0. The molecule has 0 unspecified atom stereocenters. The molecule has 2 aromatic heterocycles. The van der Waals surface area contributed by atoms with Crippen molar-refractivity contribution in [2.24, 2.45) is 0 Å². The minimum atomic E-state index is 1.21. The highest BCUT2D eigenvalue weighted by Gasteiger charge is 2.12. The third-order valence-corrected chi connectivity index (χ3v) is 6.17. The van der Waals surface area contributed by atoms with Gasteiger partial charge >= 0.3 is 0 Å². The van der Waals surface area contributed by atoms with Gasteiger partial charge in [0.25, 0.3) is 0 Å². The maximum atomic E-state index is 3.68. The van der Waals surface area contributed by atoms with Crippen LogP contribution < -0.4 is 0 Å². The van der Waals surface area contributed by atoms with Crippen LogP contribution >= 0.6 is 54.5 Å². The third kappa shape index (κ3) is 2.65. The Kier molecular flexibility index (Phi) is 4.27. The van der Waals surface area contributed by atoms with E-state index in [9.17, 15) is 0 Å². The first kappa shape index (κ1) is 12.1. The molecule has 0 fully saturated rings. The van der Waals surface area contributed by atoms with E-state index in [4.69, 9.17) is 0 Å². The summed E-state index contributed by atoms with van der Waals surface area (Å²) in [5, 5.41) is 0. The number of unbranched alkanes of at least 4 members (excludes halogenated alkanes) is 2. The summed E-state index contributed by atoms with van der Waals surface area (Å²) in [6, 6.07) is 2.22. The van der Waals surface area contributed by atoms with Gasteiger partial charge in [-0.1, -0.05) is 19.8 Å². The molecule has 0 aromatic carbocycles. The molecule has 0 saturated carbocycles. The second kappa shape index (κ2) is 5.30. The van der Waals surface area contributed by atoms with Crippen LogP contribution in [0.4, 0.5) is 0 Å². The molecule has 2 aromatic rings. The van der Waals surface area contributed by atoms with Gasteiger partial charge < -0.3 is 0 Å². The average molecular weight is 368 g/mol. The van der Waals surface area contributed by atoms with Crippen LogP contribution in [0.1, 0.15) is 31.7 Å². The Bertz CT molecular complexity index is 456. The minimum absolute atomic E-state index is 1.21. The van der Waals surface area contributed by atoms with Crippen LogP contribution in [-0.2, 0) is 6.42 Å². The zero-order valence-electron chi connectivity index (χ0n) is 8.48. The van der Waals surface area contributed by atoms with Crippen molar-refractivity contribution >= 4 is 63.9 Å². The highest BCUT2D eigenvalue weighted by molar-refractivity contribution is 9.11. The first-order chi connectivity index (χ1) is 7.22. The van der Waals surface area contributed by atoms with Crippen molar-refractivity contribution in [3.8, 4) is 0 Å². The van der Waals surface area contributed by atoms with E-state index in [1.165, 1.54) is 48.2 Å². The largest absolute Gasteiger partial charge is 0.127 e. The van der Waals surface area contributed by atoms with Crippen molar-refractivity contribution in [2.45, 2.75) is 32.6 Å². The number of halogens is 2. The quantitative estimate of drug-likeness (QED) is 0.562. The highest BCUT2D eigenvalue weighted by Crippen LogP contribution is 2.42. The van der Waals surface area contributed by atoms with E-state index in [-0.39, 0.29) is 0 Å². The first-order valence-electron chi connectivity index (χ1n) is 5.08. The summed E-state index contributed by atoms with van der Waals surface area (Å²) >= 11 is 10.9. The summed E-state index contributed by atoms with van der Waals surface area (Å²) in [6.07, 6.45) is 5.13. The van der Waals surface area contributed by atoms with Gasteiger partial charge in [0.2, 0.25) is 0 Å². The summed E-state index contributed by atoms with van der Waals surface area (Å²) < 4.78 is 5.44. The fourth-order valence-corrected chi connectivity index (χ4v) is 5.72. The number of hydrogen-bond acceptors (Lipinski definition) is 2. The number of fused-ring (bicyclic) bond motifs is 1. The van der Waals surface area contributed by atoms with E-state index in [0.29, 0.717) is 0 Å². The first-order valence-corrected chi connectivity index (χ1v) is 8.30. The van der Waals surface area contributed by atoms with E-state index in [1.807, 2.05) is 22.7 Å². The Balaban J connectivity index is 2.27. The number of rotatable bonds is 4. The van der Waals surface area contributed by atoms with Crippen LogP contribution in [0.25, 0.3) is 9.40 Å². The standard InChI is InChI=1S/C11H12Br2S2/c1-2-3-4-5-7-10-8(14-11(7)13)6-9(12)15-10/h6H,2-5H2,1H3. The molecule has 2 rings (SSSR count). The second-order valence-corrected chi connectivity index (χ2v) is 8.36. The van der Waals surface area contributed by atoms with Crippen molar-refractivity contribution in [1.82, 2.24) is 0 Å². The van der Waals surface area contributed by atoms with Gasteiger partial charge in [-0.2, -0.15) is 0 Å². The second-order valence-electron chi connectivity index (χ2n) is 3.56. The molecule has 0 spiro atoms. The molecule has 0 N–H and O–H groups in total. The van der Waals surface area contributed by atoms with Crippen molar-refractivity contribution in [1.29, 1.82) is 0 Å². The van der Waals surface area contributed by atoms with Crippen molar-refractivity contribution in [3.63, 3.8) is 0 Å². The maximum absolute atomic E-state index is 3.68. The fourth-order valence-electron chi connectivity index (χ4n) is 1.64. The van der Waals surface area contributed by atoms with Gasteiger partial charge in [-0.25, -0.2) is 0 Å². The van der Waals surface area contributed by atoms with E-state index in [0.717, 1.165) is 0 Å². The fraction of sp³-hybridized carbons (Fsp3) is 0.455. The van der Waals surface area contributed by atoms with Gasteiger partial charge in [-0.15, -0.1) is 22.7 Å². The molecular formula is C11H12Br2S2. The van der Waals surface area contributed by atoms with Gasteiger partial charge in [-0.3, -0.25) is 0 Å². The van der Waals surface area contributed by atoms with Crippen LogP contribution in [0, 0.1) is 0 Å². The molecule has 0 amide bonds. The Labute approximate surface area is 115 Å². The molecule has 0 saturated heterocycles. The normalized spacial score (nSPS) is 11.4. The minimum Gasteiger partial charge on any atom is -0.127 e. The van der Waals surface area contributed by atoms with Crippen molar-refractivity contribution in [3.05, 3.63) is 19.2 Å². The molecule has 15 heavy (non-hydrogen) atoms. The Hall–Kier alpha value is 0.620. The Morgan fingerprint density at radius 1 is 1.20 bits per heavy atom. The smallest absolute Gasteiger partial charge is 0.0751 e. The molecular weight excluding hydrogens is 356 g/mol. The van der Waals surface area contributed by atoms with Crippen molar-refractivity contribution < 1.29 is 0 Å². The lowest BCUT2D eigenvalue weighted by molar-refractivity contribution is 0.720. The SMILES string of the molecule is CCCCCc1c(Br)sc2cc(Br)sc12. The van der Waals surface area contributed by atoms with Gasteiger partial charge in [0.1, 0.15) is 0 Å². The summed E-state index contributed by atoms with van der Waals surface area (Å²) in [4.78, 5) is 0. The van der Waals surface area contributed by atoms with E-state index >= 15 is 0 Å². The number of aryl methyl sites for hydroxylation is 1. The number of thiophene rings is 2. The van der Waals surface area contributed by atoms with Gasteiger partial charge in [0.15, 0.2) is 0 Å². The van der Waals surface area contributed by atoms with Gasteiger partial charge in [-0.05, 0) is 56.3 Å². The lowest BCUT2D eigenvalue weighted by atomic mass is 10.1. The zero-order valence-corrected chi connectivity index (χ0v) is 13.3. The molecule has 0 atom stereocenters. The summed E-state index contributed by atoms with van der Waals surface area (Å²) in [5.41, 5.74) is 1.51. The van der Waals surface area contributed by atoms with Gasteiger partial charge in [0, 0.05) is 4.70 Å². The molecule has 82 valence electrons. The predicted octanol–water partition coefficient (Wildman–Crippen LogP) is 6.22. The highest BCUT2D eigenvalue weighted by atomic mass is 79.9. The van der Waals surface area contributed by atoms with E-state index < -0.39 is 0 Å². The zero-order chi connectivity index (χ0) is 10.8. The predicted molar refractivity (Wildman–Crippen MR) is 78.3 cm³/mol. The van der Waals surface area contributed by atoms with E-state index in [1.54, 1.807) is 0 Å². The number of hydrogen-bond donors (Lipinski definition) is 0. The van der Waals surface area contributed by atoms with E-state index in [2.05, 4.69) is 44.8 Å². The van der Waals surface area contributed by atoms with Crippen LogP contribution in [-0.4, -0.2) is 0 Å². The lowest BCUT2D eigenvalue weighted by Gasteiger charge is -1.98. The van der Waals surface area contributed by atoms with Gasteiger partial charge in [0.05, 0.1) is 12.3 Å². The summed E-state index contributed by atoms with van der Waals surface area (Å²) in [6.45, 7) is 2.25. The molecule has 4 heteroatoms. The van der Waals surface area contributed by atoms with Crippen LogP contribution in [0.3, 0.4) is 0 Å². The molecule has 0 aliphatic carbocycles. The Morgan fingerprint density at radius 3 is 2.73 bits per heavy atom. The van der Waals surface area contributed by atoms with Crippen LogP contribution in [0.5, 0.6) is 0 Å². The molecule has 0 nitrogen and oxygen atoms in total. The maximum Gasteiger partial charge on any atom is 0.0751 e.